The van der Waals surface area contributed by atoms with Gasteiger partial charge in [-0.15, -0.1) is 11.3 Å². The molecule has 2 saturated heterocycles. The Balaban J connectivity index is 1.24. The smallest absolute Gasteiger partial charge is 0.254 e. The third kappa shape index (κ3) is 5.19. The van der Waals surface area contributed by atoms with Gasteiger partial charge in [-0.2, -0.15) is 9.57 Å². The lowest BCUT2D eigenvalue weighted by atomic mass is 9.88. The van der Waals surface area contributed by atoms with Crippen LogP contribution in [0.4, 0.5) is 0 Å². The number of carbonyl (C=O) groups is 2. The summed E-state index contributed by atoms with van der Waals surface area (Å²) in [5.74, 6) is -0.299. The maximum absolute atomic E-state index is 14.8. The molecule has 3 fully saturated rings. The normalized spacial score (nSPS) is 23.0. The van der Waals surface area contributed by atoms with E-state index in [-0.39, 0.29) is 46.9 Å². The van der Waals surface area contributed by atoms with E-state index in [1.165, 1.54) is 21.7 Å². The molecule has 0 bridgehead atoms. The van der Waals surface area contributed by atoms with Gasteiger partial charge in [0.1, 0.15) is 15.6 Å². The molecule has 1 aromatic carbocycles. The minimum atomic E-state index is -3.66. The van der Waals surface area contributed by atoms with E-state index in [9.17, 15) is 23.3 Å². The van der Waals surface area contributed by atoms with Gasteiger partial charge in [0, 0.05) is 93.3 Å². The number of nitrogens with one attached hydrogen (secondary N) is 1. The second-order valence-electron chi connectivity index (χ2n) is 12.0. The molecule has 2 atom stereocenters. The monoisotopic (exact) mass is 720 g/mol. The summed E-state index contributed by atoms with van der Waals surface area (Å²) in [6, 6.07) is 11.4. The maximum Gasteiger partial charge on any atom is 0.254 e. The molecule has 3 aliphatic rings. The predicted octanol–water partition coefficient (Wildman–Crippen LogP) is 2.85. The lowest BCUT2D eigenvalue weighted by Gasteiger charge is -2.28. The van der Waals surface area contributed by atoms with Crippen LogP contribution in [0, 0.1) is 23.2 Å². The van der Waals surface area contributed by atoms with Crippen LogP contribution >= 0.6 is 27.3 Å². The topological polar surface area (TPSA) is 146 Å². The highest BCUT2D eigenvalue weighted by molar-refractivity contribution is 9.11. The largest absolute Gasteiger partial charge is 0.356 e. The number of ketones is 1. The molecule has 2 unspecified atom stereocenters. The van der Waals surface area contributed by atoms with Crippen molar-refractivity contribution in [2.45, 2.75) is 28.6 Å². The second kappa shape index (κ2) is 11.3. The van der Waals surface area contributed by atoms with Gasteiger partial charge in [0.25, 0.3) is 15.9 Å². The third-order valence-electron chi connectivity index (χ3n) is 9.18. The summed E-state index contributed by atoms with van der Waals surface area (Å²) >= 11 is 4.52. The minimum absolute atomic E-state index is 0.0819. The molecule has 1 aliphatic carbocycles. The van der Waals surface area contributed by atoms with Gasteiger partial charge in [0.2, 0.25) is 0 Å². The number of nitrogens with zero attached hydrogens (tertiary/aromatic N) is 7. The van der Waals surface area contributed by atoms with Crippen molar-refractivity contribution in [3.05, 3.63) is 99.6 Å². The number of allylic oxidation sites excluding steroid dienone is 1. The molecule has 5 heterocycles. The molecule has 1 N–H and O–H groups in total. The van der Waals surface area contributed by atoms with E-state index in [0.29, 0.717) is 29.8 Å². The number of halogens is 1. The summed E-state index contributed by atoms with van der Waals surface area (Å²) < 4.78 is 33.0. The highest BCUT2D eigenvalue weighted by Gasteiger charge is 2.65. The van der Waals surface area contributed by atoms with Crippen molar-refractivity contribution in [1.29, 1.82) is 5.26 Å². The molecule has 1 saturated carbocycles. The van der Waals surface area contributed by atoms with E-state index in [1.54, 1.807) is 66.3 Å². The van der Waals surface area contributed by atoms with Crippen molar-refractivity contribution in [3.8, 4) is 6.07 Å². The number of aromatic nitrogens is 4. The highest BCUT2D eigenvalue weighted by Crippen LogP contribution is 2.53. The fourth-order valence-corrected chi connectivity index (χ4v) is 10.3. The molecular formula is C31H29BrN8O4S2. The summed E-state index contributed by atoms with van der Waals surface area (Å²) in [4.78, 5) is 38.6. The van der Waals surface area contributed by atoms with Gasteiger partial charge in [-0.3, -0.25) is 14.5 Å². The van der Waals surface area contributed by atoms with Crippen LogP contribution in [0.3, 0.4) is 0 Å². The molecule has 0 radical (unpaired) electrons. The van der Waals surface area contributed by atoms with Gasteiger partial charge in [-0.25, -0.2) is 18.4 Å². The predicted molar refractivity (Wildman–Crippen MR) is 172 cm³/mol. The van der Waals surface area contributed by atoms with Crippen LogP contribution in [0.15, 0.2) is 81.3 Å². The van der Waals surface area contributed by atoms with Crippen LogP contribution in [0.25, 0.3) is 0 Å². The summed E-state index contributed by atoms with van der Waals surface area (Å²) in [5, 5.41) is 12.7. The van der Waals surface area contributed by atoms with Crippen LogP contribution in [0.1, 0.15) is 27.3 Å². The number of nitriles is 1. The molecule has 4 aromatic rings. The maximum atomic E-state index is 14.8. The van der Waals surface area contributed by atoms with Crippen molar-refractivity contribution < 1.29 is 18.0 Å². The van der Waals surface area contributed by atoms with E-state index < -0.39 is 15.6 Å². The average molecular weight is 722 g/mol. The zero-order valence-electron chi connectivity index (χ0n) is 24.9. The number of carbonyl (C=O) groups excluding carboxylic acids is 2. The Bertz CT molecular complexity index is 1990. The van der Waals surface area contributed by atoms with Gasteiger partial charge in [0.15, 0.2) is 5.78 Å². The van der Waals surface area contributed by atoms with Crippen LogP contribution in [0.5, 0.6) is 0 Å². The number of fused-ring (bicyclic) bond motifs is 1. The Labute approximate surface area is 278 Å². The molecule has 15 heteroatoms. The number of hydrogen-bond acceptors (Lipinski definition) is 9. The fraction of sp³-hybridized carbons (Fsp3) is 0.323. The number of thiophene rings is 1. The quantitative estimate of drug-likeness (QED) is 0.205. The number of hydrogen-bond donors (Lipinski definition) is 1. The van der Waals surface area contributed by atoms with E-state index in [0.717, 1.165) is 15.2 Å². The lowest BCUT2D eigenvalue weighted by Crippen LogP contribution is -2.51. The fourth-order valence-electron chi connectivity index (χ4n) is 6.65. The summed E-state index contributed by atoms with van der Waals surface area (Å²) in [7, 11) is 0.0755. The number of rotatable bonds is 9. The van der Waals surface area contributed by atoms with Crippen LogP contribution < -0.4 is 5.32 Å². The molecule has 3 aromatic heterocycles. The first kappa shape index (κ1) is 30.5. The second-order valence-corrected chi connectivity index (χ2v) is 16.6. The third-order valence-corrected chi connectivity index (χ3v) is 13.1. The molecule has 1 amide bonds. The Kier molecular flexibility index (Phi) is 7.51. The first-order valence-corrected chi connectivity index (χ1v) is 17.6. The zero-order chi connectivity index (χ0) is 32.4. The number of amides is 1. The SMILES string of the molecule is Cn1cncc1CC1(Cc2cncn2C)NC(=CC(=O)c2ccc(C#N)cc2)N(C2C3CN(S(=O)(=O)c4ccc(Br)s4)CC32)C1=O. The van der Waals surface area contributed by atoms with Crippen molar-refractivity contribution in [1.82, 2.24) is 33.6 Å². The van der Waals surface area contributed by atoms with E-state index in [4.69, 9.17) is 0 Å². The Morgan fingerprint density at radius 3 is 2.17 bits per heavy atom. The summed E-state index contributed by atoms with van der Waals surface area (Å²) in [6.45, 7) is 0.564. The molecule has 46 heavy (non-hydrogen) atoms. The molecule has 7 rings (SSSR count). The highest BCUT2D eigenvalue weighted by atomic mass is 79.9. The van der Waals surface area contributed by atoms with Gasteiger partial charge in [-0.1, -0.05) is 0 Å². The Morgan fingerprint density at radius 2 is 1.67 bits per heavy atom. The average Bonchev–Trinajstić information content (AvgIpc) is 3.67. The Morgan fingerprint density at radius 1 is 1.07 bits per heavy atom. The number of aryl methyl sites for hydroxylation is 2. The van der Waals surface area contributed by atoms with Gasteiger partial charge < -0.3 is 14.5 Å². The molecule has 2 aliphatic heterocycles. The van der Waals surface area contributed by atoms with Gasteiger partial charge >= 0.3 is 0 Å². The minimum Gasteiger partial charge on any atom is -0.356 e. The van der Waals surface area contributed by atoms with E-state index in [1.807, 2.05) is 23.2 Å². The number of piperidine rings is 1. The van der Waals surface area contributed by atoms with Crippen LogP contribution in [-0.2, 0) is 41.8 Å². The van der Waals surface area contributed by atoms with Crippen LogP contribution in [-0.4, -0.2) is 73.1 Å². The molecular weight excluding hydrogens is 692 g/mol. The summed E-state index contributed by atoms with van der Waals surface area (Å²) in [5.41, 5.74) is 1.32. The first-order valence-electron chi connectivity index (χ1n) is 14.5. The van der Waals surface area contributed by atoms with Gasteiger partial charge in [0.05, 0.1) is 28.1 Å². The molecule has 12 nitrogen and oxygen atoms in total. The number of benzene rings is 1. The lowest BCUT2D eigenvalue weighted by molar-refractivity contribution is -0.132. The zero-order valence-corrected chi connectivity index (χ0v) is 28.1. The number of imidazole rings is 2. The molecule has 0 spiro atoms. The van der Waals surface area contributed by atoms with Crippen molar-refractivity contribution in [3.63, 3.8) is 0 Å². The van der Waals surface area contributed by atoms with Crippen molar-refractivity contribution in [2.75, 3.05) is 13.1 Å². The van der Waals surface area contributed by atoms with E-state index >= 15 is 0 Å². The van der Waals surface area contributed by atoms with Gasteiger partial charge in [-0.05, 0) is 52.3 Å². The Hall–Kier alpha value is -4.10. The van der Waals surface area contributed by atoms with Crippen molar-refractivity contribution in [2.24, 2.45) is 25.9 Å². The molecule has 236 valence electrons. The first-order chi connectivity index (χ1) is 22.0. The summed E-state index contributed by atoms with van der Waals surface area (Å²) in [6.07, 6.45) is 8.85. The van der Waals surface area contributed by atoms with Crippen LogP contribution in [0.2, 0.25) is 0 Å². The standard InChI is InChI=1S/C31H29BrN8O4S2/c1-37-17-34-13-21(37)10-31(11-22-14-35-18-38(22)2)30(42)40(27(36-31)9-25(41)20-5-3-19(12-33)4-6-20)29-23-15-39(16-24(23)29)46(43,44)28-8-7-26(32)45-28/h3-9,13-14,17-18,23-24,29,36H,10-11,15-16H2,1-2H3. The van der Waals surface area contributed by atoms with E-state index in [2.05, 4.69) is 37.3 Å². The number of sulfonamides is 1. The van der Waals surface area contributed by atoms with Crippen molar-refractivity contribution >= 4 is 49.0 Å².